The zero-order chi connectivity index (χ0) is 15.4. The van der Waals surface area contributed by atoms with Crippen LogP contribution in [0.2, 0.25) is 5.02 Å². The summed E-state index contributed by atoms with van der Waals surface area (Å²) >= 11 is 5.84. The Balaban J connectivity index is 1.81. The number of hydrogen-bond acceptors (Lipinski definition) is 3. The van der Waals surface area contributed by atoms with Crippen molar-refractivity contribution in [1.29, 1.82) is 0 Å². The van der Waals surface area contributed by atoms with Crippen molar-refractivity contribution < 1.29 is 9.90 Å². The van der Waals surface area contributed by atoms with E-state index in [0.717, 1.165) is 25.1 Å². The predicted molar refractivity (Wildman–Crippen MR) is 84.1 cm³/mol. The number of likely N-dealkylation sites (tertiary alicyclic amines) is 1. The Bertz CT molecular complexity index is 476. The number of aliphatic hydroxyl groups excluding tert-OH is 1. The Labute approximate surface area is 131 Å². The van der Waals surface area contributed by atoms with Crippen LogP contribution in [-0.4, -0.2) is 41.1 Å². The van der Waals surface area contributed by atoms with Crippen molar-refractivity contribution in [2.24, 2.45) is 5.92 Å². The van der Waals surface area contributed by atoms with Crippen LogP contribution in [0.15, 0.2) is 24.3 Å². The molecule has 3 atom stereocenters. The molecule has 1 aliphatic rings. The van der Waals surface area contributed by atoms with Gasteiger partial charge in [0.1, 0.15) is 0 Å². The van der Waals surface area contributed by atoms with Crippen molar-refractivity contribution in [3.05, 3.63) is 34.9 Å². The first-order chi connectivity index (χ1) is 9.97. The number of halogens is 1. The van der Waals surface area contributed by atoms with Gasteiger partial charge in [-0.3, -0.25) is 9.69 Å². The molecule has 0 radical (unpaired) electrons. The average Bonchev–Trinajstić information content (AvgIpc) is 2.95. The van der Waals surface area contributed by atoms with Crippen LogP contribution in [0.5, 0.6) is 0 Å². The minimum atomic E-state index is -0.306. The first-order valence-electron chi connectivity index (χ1n) is 7.41. The Morgan fingerprint density at radius 1 is 1.43 bits per heavy atom. The number of aliphatic hydroxyl groups is 1. The monoisotopic (exact) mass is 310 g/mol. The van der Waals surface area contributed by atoms with Gasteiger partial charge in [-0.1, -0.05) is 23.7 Å². The summed E-state index contributed by atoms with van der Waals surface area (Å²) in [5.41, 5.74) is 1.03. The second-order valence-electron chi connectivity index (χ2n) is 5.80. The van der Waals surface area contributed by atoms with E-state index >= 15 is 0 Å². The first kappa shape index (κ1) is 16.3. The standard InChI is InChI=1S/C16H23ClN2O2/c1-11(19-8-7-14(10-19)12(2)20)16(21)18-9-13-3-5-15(17)6-4-13/h3-6,11-12,14,20H,7-10H2,1-2H3,(H,18,21). The molecule has 0 aromatic heterocycles. The van der Waals surface area contributed by atoms with Crippen LogP contribution in [0.25, 0.3) is 0 Å². The third kappa shape index (κ3) is 4.43. The van der Waals surface area contributed by atoms with Gasteiger partial charge in [0.2, 0.25) is 5.91 Å². The minimum Gasteiger partial charge on any atom is -0.393 e. The molecule has 21 heavy (non-hydrogen) atoms. The molecule has 5 heteroatoms. The number of carbonyl (C=O) groups excluding carboxylic acids is 1. The quantitative estimate of drug-likeness (QED) is 0.875. The van der Waals surface area contributed by atoms with Crippen LogP contribution in [0.4, 0.5) is 0 Å². The summed E-state index contributed by atoms with van der Waals surface area (Å²) in [5, 5.41) is 13.3. The molecule has 0 spiro atoms. The van der Waals surface area contributed by atoms with Crippen molar-refractivity contribution in [1.82, 2.24) is 10.2 Å². The molecule has 0 saturated carbocycles. The van der Waals surface area contributed by atoms with Crippen molar-refractivity contribution in [2.75, 3.05) is 13.1 Å². The Kier molecular flexibility index (Phi) is 5.62. The fourth-order valence-corrected chi connectivity index (χ4v) is 2.79. The van der Waals surface area contributed by atoms with Crippen LogP contribution in [0.3, 0.4) is 0 Å². The van der Waals surface area contributed by atoms with Gasteiger partial charge in [0, 0.05) is 18.1 Å². The number of benzene rings is 1. The lowest BCUT2D eigenvalue weighted by molar-refractivity contribution is -0.125. The molecule has 1 aromatic carbocycles. The molecular formula is C16H23ClN2O2. The molecule has 0 bridgehead atoms. The highest BCUT2D eigenvalue weighted by Gasteiger charge is 2.31. The van der Waals surface area contributed by atoms with E-state index < -0.39 is 0 Å². The number of nitrogens with zero attached hydrogens (tertiary/aromatic N) is 1. The number of amides is 1. The van der Waals surface area contributed by atoms with Crippen LogP contribution in [0.1, 0.15) is 25.8 Å². The van der Waals surface area contributed by atoms with Gasteiger partial charge in [0.25, 0.3) is 0 Å². The summed E-state index contributed by atoms with van der Waals surface area (Å²) in [4.78, 5) is 14.3. The van der Waals surface area contributed by atoms with E-state index in [4.69, 9.17) is 11.6 Å². The van der Waals surface area contributed by atoms with Crippen LogP contribution < -0.4 is 5.32 Å². The summed E-state index contributed by atoms with van der Waals surface area (Å²) in [5.74, 6) is 0.299. The smallest absolute Gasteiger partial charge is 0.237 e. The van der Waals surface area contributed by atoms with Gasteiger partial charge in [-0.15, -0.1) is 0 Å². The van der Waals surface area contributed by atoms with Gasteiger partial charge in [-0.05, 0) is 50.4 Å². The summed E-state index contributed by atoms with van der Waals surface area (Å²) in [6.07, 6.45) is 0.645. The highest BCUT2D eigenvalue weighted by molar-refractivity contribution is 6.30. The molecule has 1 heterocycles. The van der Waals surface area contributed by atoms with Crippen molar-refractivity contribution >= 4 is 17.5 Å². The number of carbonyl (C=O) groups is 1. The number of hydrogen-bond donors (Lipinski definition) is 2. The molecule has 1 aliphatic heterocycles. The van der Waals surface area contributed by atoms with E-state index in [1.54, 1.807) is 0 Å². The Morgan fingerprint density at radius 2 is 2.10 bits per heavy atom. The normalized spacial score (nSPS) is 22.0. The van der Waals surface area contributed by atoms with Crippen LogP contribution >= 0.6 is 11.6 Å². The van der Waals surface area contributed by atoms with Crippen LogP contribution in [0, 0.1) is 5.92 Å². The summed E-state index contributed by atoms with van der Waals surface area (Å²) in [6.45, 7) is 5.90. The maximum absolute atomic E-state index is 12.2. The zero-order valence-electron chi connectivity index (χ0n) is 12.6. The third-order valence-corrected chi connectivity index (χ3v) is 4.50. The Hall–Kier alpha value is -1.10. The molecule has 0 aliphatic carbocycles. The minimum absolute atomic E-state index is 0.0243. The van der Waals surface area contributed by atoms with Gasteiger partial charge in [0.05, 0.1) is 12.1 Å². The lowest BCUT2D eigenvalue weighted by Gasteiger charge is -2.24. The maximum atomic E-state index is 12.2. The molecule has 1 aromatic rings. The van der Waals surface area contributed by atoms with E-state index in [2.05, 4.69) is 10.2 Å². The second-order valence-corrected chi connectivity index (χ2v) is 6.24. The van der Waals surface area contributed by atoms with E-state index in [9.17, 15) is 9.90 Å². The molecule has 2 N–H and O–H groups in total. The molecule has 4 nitrogen and oxygen atoms in total. The van der Waals surface area contributed by atoms with Crippen LogP contribution in [-0.2, 0) is 11.3 Å². The van der Waals surface area contributed by atoms with E-state index in [1.807, 2.05) is 38.1 Å². The van der Waals surface area contributed by atoms with E-state index in [0.29, 0.717) is 11.6 Å². The maximum Gasteiger partial charge on any atom is 0.237 e. The van der Waals surface area contributed by atoms with E-state index in [1.165, 1.54) is 0 Å². The summed E-state index contributed by atoms with van der Waals surface area (Å²) in [6, 6.07) is 7.29. The Morgan fingerprint density at radius 3 is 2.67 bits per heavy atom. The molecule has 3 unspecified atom stereocenters. The fraction of sp³-hybridized carbons (Fsp3) is 0.562. The molecule has 1 amide bonds. The molecular weight excluding hydrogens is 288 g/mol. The number of nitrogens with one attached hydrogen (secondary N) is 1. The van der Waals surface area contributed by atoms with Gasteiger partial charge in [0.15, 0.2) is 0 Å². The highest BCUT2D eigenvalue weighted by Crippen LogP contribution is 2.21. The molecule has 116 valence electrons. The average molecular weight is 311 g/mol. The fourth-order valence-electron chi connectivity index (χ4n) is 2.67. The zero-order valence-corrected chi connectivity index (χ0v) is 13.3. The summed E-state index contributed by atoms with van der Waals surface area (Å²) in [7, 11) is 0. The predicted octanol–water partition coefficient (Wildman–Crippen LogP) is 2.05. The molecule has 2 rings (SSSR count). The number of rotatable bonds is 5. The molecule has 1 fully saturated rings. The topological polar surface area (TPSA) is 52.6 Å². The van der Waals surface area contributed by atoms with Gasteiger partial charge in [-0.25, -0.2) is 0 Å². The van der Waals surface area contributed by atoms with Gasteiger partial charge in [-0.2, -0.15) is 0 Å². The van der Waals surface area contributed by atoms with Gasteiger partial charge >= 0.3 is 0 Å². The van der Waals surface area contributed by atoms with Gasteiger partial charge < -0.3 is 10.4 Å². The summed E-state index contributed by atoms with van der Waals surface area (Å²) < 4.78 is 0. The highest BCUT2D eigenvalue weighted by atomic mass is 35.5. The SMILES string of the molecule is CC(O)C1CCN(C(C)C(=O)NCc2ccc(Cl)cc2)C1. The van der Waals surface area contributed by atoms with Crippen molar-refractivity contribution in [3.63, 3.8) is 0 Å². The first-order valence-corrected chi connectivity index (χ1v) is 7.79. The largest absolute Gasteiger partial charge is 0.393 e. The van der Waals surface area contributed by atoms with Crippen molar-refractivity contribution in [3.8, 4) is 0 Å². The lowest BCUT2D eigenvalue weighted by Crippen LogP contribution is -2.44. The van der Waals surface area contributed by atoms with Crippen molar-refractivity contribution in [2.45, 2.75) is 39.0 Å². The second kappa shape index (κ2) is 7.25. The third-order valence-electron chi connectivity index (χ3n) is 4.25. The van der Waals surface area contributed by atoms with E-state index in [-0.39, 0.29) is 24.0 Å². The lowest BCUT2D eigenvalue weighted by atomic mass is 10.0. The molecule has 1 saturated heterocycles.